The van der Waals surface area contributed by atoms with Crippen LogP contribution in [0, 0.1) is 0 Å². The maximum absolute atomic E-state index is 12.9. The van der Waals surface area contributed by atoms with Crippen molar-refractivity contribution in [3.05, 3.63) is 35.4 Å². The molecule has 0 amide bonds. The van der Waals surface area contributed by atoms with Crippen LogP contribution in [0.4, 0.5) is 13.2 Å². The van der Waals surface area contributed by atoms with Crippen molar-refractivity contribution in [3.8, 4) is 0 Å². The van der Waals surface area contributed by atoms with Gasteiger partial charge >= 0.3 is 6.18 Å². The van der Waals surface area contributed by atoms with Crippen LogP contribution in [0.3, 0.4) is 0 Å². The summed E-state index contributed by atoms with van der Waals surface area (Å²) in [6.07, 6.45) is -1.19. The highest BCUT2D eigenvalue weighted by Gasteiger charge is 2.34. The Morgan fingerprint density at radius 2 is 1.96 bits per heavy atom. The van der Waals surface area contributed by atoms with Crippen molar-refractivity contribution in [1.82, 2.24) is 4.90 Å². The van der Waals surface area contributed by atoms with Crippen LogP contribution < -0.4 is 0 Å². The molecule has 2 fully saturated rings. The second kappa shape index (κ2) is 6.79. The van der Waals surface area contributed by atoms with Crippen LogP contribution in [0.1, 0.15) is 42.9 Å². The number of aliphatic hydroxyl groups is 1. The van der Waals surface area contributed by atoms with E-state index in [-0.39, 0.29) is 18.2 Å². The van der Waals surface area contributed by atoms with E-state index in [1.165, 1.54) is 12.1 Å². The number of aliphatic hydroxyl groups excluding tert-OH is 1. The smallest absolute Gasteiger partial charge is 0.391 e. The molecule has 23 heavy (non-hydrogen) atoms. The molecule has 1 aliphatic heterocycles. The Morgan fingerprint density at radius 3 is 2.70 bits per heavy atom. The number of morpholine rings is 1. The van der Waals surface area contributed by atoms with Crippen molar-refractivity contribution >= 4 is 0 Å². The molecule has 0 radical (unpaired) electrons. The van der Waals surface area contributed by atoms with Crippen molar-refractivity contribution in [1.29, 1.82) is 0 Å². The van der Waals surface area contributed by atoms with Gasteiger partial charge in [-0.25, -0.2) is 0 Å². The van der Waals surface area contributed by atoms with Crippen LogP contribution in [0.2, 0.25) is 0 Å². The van der Waals surface area contributed by atoms with Gasteiger partial charge in [0.1, 0.15) is 0 Å². The van der Waals surface area contributed by atoms with Gasteiger partial charge in [0.2, 0.25) is 0 Å². The molecular formula is C17H22F3NO2. The first kappa shape index (κ1) is 16.7. The van der Waals surface area contributed by atoms with Gasteiger partial charge in [-0.1, -0.05) is 25.0 Å². The van der Waals surface area contributed by atoms with Crippen molar-refractivity contribution < 1.29 is 23.0 Å². The second-order valence-electron chi connectivity index (χ2n) is 6.40. The molecule has 3 nitrogen and oxygen atoms in total. The number of hydrogen-bond acceptors (Lipinski definition) is 3. The molecule has 3 unspecified atom stereocenters. The van der Waals surface area contributed by atoms with Gasteiger partial charge in [-0.05, 0) is 30.5 Å². The van der Waals surface area contributed by atoms with Gasteiger partial charge in [0.15, 0.2) is 0 Å². The Hall–Kier alpha value is -1.11. The summed E-state index contributed by atoms with van der Waals surface area (Å²) in [5.41, 5.74) is -0.0942. The third-order valence-corrected chi connectivity index (χ3v) is 4.85. The quantitative estimate of drug-likeness (QED) is 0.903. The van der Waals surface area contributed by atoms with Crippen molar-refractivity contribution in [2.45, 2.75) is 50.1 Å². The summed E-state index contributed by atoms with van der Waals surface area (Å²) in [5, 5.41) is 10.2. The SMILES string of the molecule is OC1CCCCC1N1CCOC(c2cccc(C(F)(F)F)c2)C1. The third-order valence-electron chi connectivity index (χ3n) is 4.85. The van der Waals surface area contributed by atoms with Crippen LogP contribution in [0.25, 0.3) is 0 Å². The van der Waals surface area contributed by atoms with E-state index < -0.39 is 11.7 Å². The van der Waals surface area contributed by atoms with Crippen LogP contribution >= 0.6 is 0 Å². The van der Waals surface area contributed by atoms with Gasteiger partial charge in [-0.15, -0.1) is 0 Å². The number of benzene rings is 1. The zero-order chi connectivity index (χ0) is 16.4. The Labute approximate surface area is 134 Å². The summed E-state index contributed by atoms with van der Waals surface area (Å²) >= 11 is 0. The highest BCUT2D eigenvalue weighted by molar-refractivity contribution is 5.27. The number of rotatable bonds is 2. The van der Waals surface area contributed by atoms with Crippen molar-refractivity contribution in [2.75, 3.05) is 19.7 Å². The van der Waals surface area contributed by atoms with Crippen LogP contribution in [-0.2, 0) is 10.9 Å². The Kier molecular flexibility index (Phi) is 4.94. The number of hydrogen-bond donors (Lipinski definition) is 1. The topological polar surface area (TPSA) is 32.7 Å². The monoisotopic (exact) mass is 329 g/mol. The summed E-state index contributed by atoms with van der Waals surface area (Å²) < 4.78 is 44.3. The molecule has 0 bridgehead atoms. The van der Waals surface area contributed by atoms with Gasteiger partial charge in [-0.3, -0.25) is 4.90 Å². The fourth-order valence-electron chi connectivity index (χ4n) is 3.60. The lowest BCUT2D eigenvalue weighted by atomic mass is 9.90. The lowest BCUT2D eigenvalue weighted by molar-refractivity contribution is -0.137. The molecule has 3 atom stereocenters. The van der Waals surface area contributed by atoms with Crippen molar-refractivity contribution in [3.63, 3.8) is 0 Å². The van der Waals surface area contributed by atoms with E-state index in [0.29, 0.717) is 18.7 Å². The molecule has 1 heterocycles. The molecule has 6 heteroatoms. The zero-order valence-electron chi connectivity index (χ0n) is 12.9. The maximum Gasteiger partial charge on any atom is 0.416 e. The average Bonchev–Trinajstić information content (AvgIpc) is 2.55. The highest BCUT2D eigenvalue weighted by Crippen LogP contribution is 2.33. The third kappa shape index (κ3) is 3.87. The fraction of sp³-hybridized carbons (Fsp3) is 0.647. The summed E-state index contributed by atoms with van der Waals surface area (Å²) in [5.74, 6) is 0. The van der Waals surface area contributed by atoms with Gasteiger partial charge in [0.05, 0.1) is 24.4 Å². The first-order valence-corrected chi connectivity index (χ1v) is 8.16. The molecular weight excluding hydrogens is 307 g/mol. The molecule has 1 aromatic rings. The number of halogens is 3. The standard InChI is InChI=1S/C17H22F3NO2/c18-17(19,20)13-5-3-4-12(10-13)16-11-21(8-9-23-16)14-6-1-2-7-15(14)22/h3-5,10,14-16,22H,1-2,6-9,11H2. The lowest BCUT2D eigenvalue weighted by Crippen LogP contribution is -2.50. The molecule has 0 aromatic heterocycles. The Bertz CT molecular complexity index is 535. The van der Waals surface area contributed by atoms with Crippen LogP contribution in [0.15, 0.2) is 24.3 Å². The molecule has 3 rings (SSSR count). The van der Waals surface area contributed by atoms with Gasteiger partial charge in [0, 0.05) is 19.1 Å². The highest BCUT2D eigenvalue weighted by atomic mass is 19.4. The van der Waals surface area contributed by atoms with E-state index >= 15 is 0 Å². The minimum Gasteiger partial charge on any atom is -0.391 e. The molecule has 1 aromatic carbocycles. The predicted octanol–water partition coefficient (Wildman–Crippen LogP) is 3.38. The molecule has 128 valence electrons. The number of alkyl halides is 3. The molecule has 1 aliphatic carbocycles. The minimum absolute atomic E-state index is 0.0981. The van der Waals surface area contributed by atoms with E-state index in [4.69, 9.17) is 4.74 Å². The van der Waals surface area contributed by atoms with E-state index in [9.17, 15) is 18.3 Å². The summed E-state index contributed by atoms with van der Waals surface area (Å²) in [6.45, 7) is 1.73. The van der Waals surface area contributed by atoms with Gasteiger partial charge < -0.3 is 9.84 Å². The first-order chi connectivity index (χ1) is 10.9. The Morgan fingerprint density at radius 1 is 1.17 bits per heavy atom. The lowest BCUT2D eigenvalue weighted by Gasteiger charge is -2.42. The minimum atomic E-state index is -4.34. The summed E-state index contributed by atoms with van der Waals surface area (Å²) in [4.78, 5) is 2.18. The molecule has 1 saturated carbocycles. The molecule has 0 spiro atoms. The van der Waals surface area contributed by atoms with E-state index in [1.54, 1.807) is 6.07 Å². The summed E-state index contributed by atoms with van der Waals surface area (Å²) in [7, 11) is 0. The average molecular weight is 329 g/mol. The van der Waals surface area contributed by atoms with Gasteiger partial charge in [-0.2, -0.15) is 13.2 Å². The van der Waals surface area contributed by atoms with Crippen molar-refractivity contribution in [2.24, 2.45) is 0 Å². The largest absolute Gasteiger partial charge is 0.416 e. The molecule has 1 N–H and O–H groups in total. The normalized spacial score (nSPS) is 30.3. The molecule has 2 aliphatic rings. The maximum atomic E-state index is 12.9. The zero-order valence-corrected chi connectivity index (χ0v) is 12.9. The van der Waals surface area contributed by atoms with Crippen LogP contribution in [-0.4, -0.2) is 41.8 Å². The number of nitrogens with zero attached hydrogens (tertiary/aromatic N) is 1. The van der Waals surface area contributed by atoms with E-state index in [1.807, 2.05) is 0 Å². The Balaban J connectivity index is 1.73. The second-order valence-corrected chi connectivity index (χ2v) is 6.40. The predicted molar refractivity (Wildman–Crippen MR) is 80.0 cm³/mol. The fourth-order valence-corrected chi connectivity index (χ4v) is 3.60. The molecule has 1 saturated heterocycles. The van der Waals surface area contributed by atoms with Crippen LogP contribution in [0.5, 0.6) is 0 Å². The van der Waals surface area contributed by atoms with E-state index in [0.717, 1.165) is 38.3 Å². The first-order valence-electron chi connectivity index (χ1n) is 8.16. The number of ether oxygens (including phenoxy) is 1. The summed E-state index contributed by atoms with van der Waals surface area (Å²) in [6, 6.07) is 5.46. The van der Waals surface area contributed by atoms with E-state index in [2.05, 4.69) is 4.90 Å². The van der Waals surface area contributed by atoms with Gasteiger partial charge in [0.25, 0.3) is 0 Å².